The van der Waals surface area contributed by atoms with Crippen LogP contribution >= 0.6 is 0 Å². The van der Waals surface area contributed by atoms with E-state index < -0.39 is 0 Å². The molecule has 2 aliphatic carbocycles. The quantitative estimate of drug-likeness (QED) is 0.579. The first-order valence-corrected chi connectivity index (χ1v) is 6.37. The molecule has 0 aliphatic heterocycles. The Labute approximate surface area is 87.8 Å². The van der Waals surface area contributed by atoms with Crippen LogP contribution in [0.25, 0.3) is 0 Å². The fourth-order valence-electron chi connectivity index (χ4n) is 2.16. The lowest BCUT2D eigenvalue weighted by Gasteiger charge is -2.04. The van der Waals surface area contributed by atoms with Crippen molar-refractivity contribution in [1.29, 1.82) is 0 Å². The third kappa shape index (κ3) is 3.58. The van der Waals surface area contributed by atoms with Crippen LogP contribution < -0.4 is 10.6 Å². The summed E-state index contributed by atoms with van der Waals surface area (Å²) in [7, 11) is 0. The van der Waals surface area contributed by atoms with E-state index in [1.807, 2.05) is 0 Å². The zero-order valence-corrected chi connectivity index (χ0v) is 9.39. The van der Waals surface area contributed by atoms with Crippen LogP contribution in [0.5, 0.6) is 0 Å². The van der Waals surface area contributed by atoms with E-state index >= 15 is 0 Å². The highest BCUT2D eigenvalue weighted by molar-refractivity contribution is 4.92. The van der Waals surface area contributed by atoms with Gasteiger partial charge in [-0.25, -0.2) is 0 Å². The fourth-order valence-corrected chi connectivity index (χ4v) is 2.16. The molecule has 0 aromatic carbocycles. The third-order valence-corrected chi connectivity index (χ3v) is 3.35. The van der Waals surface area contributed by atoms with Crippen LogP contribution in [-0.2, 0) is 0 Å². The molecular formula is C12H24N2. The molecule has 0 heterocycles. The Morgan fingerprint density at radius 1 is 1.14 bits per heavy atom. The summed E-state index contributed by atoms with van der Waals surface area (Å²) in [5, 5.41) is 7.19. The van der Waals surface area contributed by atoms with Gasteiger partial charge < -0.3 is 10.6 Å². The average molecular weight is 196 g/mol. The summed E-state index contributed by atoms with van der Waals surface area (Å²) in [5.74, 6) is 1.01. The molecule has 2 fully saturated rings. The van der Waals surface area contributed by atoms with Crippen molar-refractivity contribution < 1.29 is 0 Å². The molecule has 2 rings (SSSR count). The molecular weight excluding hydrogens is 172 g/mol. The minimum Gasteiger partial charge on any atom is -0.314 e. The molecule has 2 aliphatic rings. The Morgan fingerprint density at radius 2 is 1.93 bits per heavy atom. The zero-order valence-electron chi connectivity index (χ0n) is 9.39. The molecule has 2 heteroatoms. The van der Waals surface area contributed by atoms with E-state index in [0.29, 0.717) is 0 Å². The van der Waals surface area contributed by atoms with Crippen LogP contribution in [0.4, 0.5) is 0 Å². The second-order valence-corrected chi connectivity index (χ2v) is 4.93. The van der Waals surface area contributed by atoms with Crippen molar-refractivity contribution in [3.63, 3.8) is 0 Å². The normalized spacial score (nSPS) is 30.6. The smallest absolute Gasteiger partial charge is 0.00991 e. The molecule has 14 heavy (non-hydrogen) atoms. The monoisotopic (exact) mass is 196 g/mol. The summed E-state index contributed by atoms with van der Waals surface area (Å²) in [6, 6.07) is 1.75. The predicted molar refractivity (Wildman–Crippen MR) is 60.4 cm³/mol. The Bertz CT molecular complexity index is 166. The lowest BCUT2D eigenvalue weighted by Crippen LogP contribution is -2.25. The lowest BCUT2D eigenvalue weighted by molar-refractivity contribution is 0.561. The second kappa shape index (κ2) is 5.13. The zero-order chi connectivity index (χ0) is 9.80. The highest BCUT2D eigenvalue weighted by atomic mass is 15.0. The summed E-state index contributed by atoms with van der Waals surface area (Å²) in [6.45, 7) is 4.71. The number of rotatable bonds is 8. The van der Waals surface area contributed by atoms with E-state index in [1.165, 1.54) is 51.6 Å². The van der Waals surface area contributed by atoms with Gasteiger partial charge in [-0.05, 0) is 51.1 Å². The van der Waals surface area contributed by atoms with Gasteiger partial charge in [0.2, 0.25) is 0 Å². The van der Waals surface area contributed by atoms with Gasteiger partial charge in [0, 0.05) is 12.1 Å². The van der Waals surface area contributed by atoms with E-state index in [0.717, 1.165) is 18.0 Å². The molecule has 0 saturated heterocycles. The first-order chi connectivity index (χ1) is 6.90. The van der Waals surface area contributed by atoms with Gasteiger partial charge in [0.05, 0.1) is 0 Å². The van der Waals surface area contributed by atoms with Crippen molar-refractivity contribution in [2.45, 2.75) is 57.5 Å². The molecule has 0 radical (unpaired) electrons. The van der Waals surface area contributed by atoms with Crippen molar-refractivity contribution in [2.24, 2.45) is 5.92 Å². The molecule has 0 bridgehead atoms. The molecule has 2 atom stereocenters. The maximum absolute atomic E-state index is 3.65. The predicted octanol–water partition coefficient (Wildman–Crippen LogP) is 1.91. The van der Waals surface area contributed by atoms with Crippen LogP contribution in [-0.4, -0.2) is 25.2 Å². The summed E-state index contributed by atoms with van der Waals surface area (Å²) >= 11 is 0. The Balaban J connectivity index is 1.36. The van der Waals surface area contributed by atoms with E-state index in [4.69, 9.17) is 0 Å². The maximum atomic E-state index is 3.65. The van der Waals surface area contributed by atoms with Crippen molar-refractivity contribution in [3.05, 3.63) is 0 Å². The van der Waals surface area contributed by atoms with Crippen LogP contribution in [0.3, 0.4) is 0 Å². The molecule has 0 aromatic rings. The van der Waals surface area contributed by atoms with E-state index in [2.05, 4.69) is 17.6 Å². The van der Waals surface area contributed by atoms with Crippen LogP contribution in [0.1, 0.15) is 45.4 Å². The molecule has 82 valence electrons. The number of hydrogen-bond acceptors (Lipinski definition) is 2. The van der Waals surface area contributed by atoms with E-state index in [9.17, 15) is 0 Å². The Morgan fingerprint density at radius 3 is 2.64 bits per heavy atom. The van der Waals surface area contributed by atoms with Gasteiger partial charge in [-0.15, -0.1) is 0 Å². The maximum Gasteiger partial charge on any atom is 0.00991 e. The largest absolute Gasteiger partial charge is 0.314 e. The number of hydrogen-bond donors (Lipinski definition) is 2. The Hall–Kier alpha value is -0.0800. The topological polar surface area (TPSA) is 24.1 Å². The molecule has 2 nitrogen and oxygen atoms in total. The fraction of sp³-hybridized carbons (Fsp3) is 1.00. The molecule has 2 saturated carbocycles. The average Bonchev–Trinajstić information content (AvgIpc) is 3.02. The second-order valence-electron chi connectivity index (χ2n) is 4.93. The van der Waals surface area contributed by atoms with Gasteiger partial charge in [0.1, 0.15) is 0 Å². The van der Waals surface area contributed by atoms with Gasteiger partial charge in [-0.1, -0.05) is 13.3 Å². The molecule has 0 aromatic heterocycles. The standard InChI is InChI=1S/C12H24N2/c1-2-4-10-9-12(10)14-8-3-7-13-11-5-6-11/h10-14H,2-9H2,1H3. The number of nitrogens with one attached hydrogen (secondary N) is 2. The molecule has 2 N–H and O–H groups in total. The van der Waals surface area contributed by atoms with Crippen molar-refractivity contribution >= 4 is 0 Å². The van der Waals surface area contributed by atoms with Gasteiger partial charge >= 0.3 is 0 Å². The lowest BCUT2D eigenvalue weighted by atomic mass is 10.2. The highest BCUT2D eigenvalue weighted by Crippen LogP contribution is 2.34. The third-order valence-electron chi connectivity index (χ3n) is 3.35. The van der Waals surface area contributed by atoms with Gasteiger partial charge in [-0.2, -0.15) is 0 Å². The van der Waals surface area contributed by atoms with Crippen LogP contribution in [0.15, 0.2) is 0 Å². The minimum atomic E-state index is 0.871. The van der Waals surface area contributed by atoms with Crippen molar-refractivity contribution in [1.82, 2.24) is 10.6 Å². The van der Waals surface area contributed by atoms with E-state index in [1.54, 1.807) is 0 Å². The summed E-state index contributed by atoms with van der Waals surface area (Å²) in [4.78, 5) is 0. The summed E-state index contributed by atoms with van der Waals surface area (Å²) < 4.78 is 0. The highest BCUT2D eigenvalue weighted by Gasteiger charge is 2.34. The van der Waals surface area contributed by atoms with Crippen LogP contribution in [0, 0.1) is 5.92 Å². The first kappa shape index (κ1) is 10.4. The van der Waals surface area contributed by atoms with Crippen molar-refractivity contribution in [2.75, 3.05) is 13.1 Å². The Kier molecular flexibility index (Phi) is 3.82. The van der Waals surface area contributed by atoms with Crippen molar-refractivity contribution in [3.8, 4) is 0 Å². The van der Waals surface area contributed by atoms with Gasteiger partial charge in [0.25, 0.3) is 0 Å². The SMILES string of the molecule is CCCC1CC1NCCCNC1CC1. The summed E-state index contributed by atoms with van der Waals surface area (Å²) in [5.41, 5.74) is 0. The van der Waals surface area contributed by atoms with Gasteiger partial charge in [0.15, 0.2) is 0 Å². The van der Waals surface area contributed by atoms with Crippen LogP contribution in [0.2, 0.25) is 0 Å². The molecule has 0 spiro atoms. The molecule has 2 unspecified atom stereocenters. The van der Waals surface area contributed by atoms with E-state index in [-0.39, 0.29) is 0 Å². The molecule has 0 amide bonds. The summed E-state index contributed by atoms with van der Waals surface area (Å²) in [6.07, 6.45) is 8.34. The minimum absolute atomic E-state index is 0.871. The van der Waals surface area contributed by atoms with Gasteiger partial charge in [-0.3, -0.25) is 0 Å². The first-order valence-electron chi connectivity index (χ1n) is 6.37.